The number of hydrogen-bond acceptors (Lipinski definition) is 12. The van der Waals surface area contributed by atoms with Crippen LogP contribution in [0.4, 0.5) is 0 Å². The summed E-state index contributed by atoms with van der Waals surface area (Å²) in [4.78, 5) is 25.2. The molecule has 0 fully saturated rings. The molecule has 0 radical (unpaired) electrons. The number of rotatable bonds is 24. The van der Waals surface area contributed by atoms with Gasteiger partial charge in [-0.1, -0.05) is 26.7 Å². The predicted molar refractivity (Wildman–Crippen MR) is 161 cm³/mol. The third kappa shape index (κ3) is 18.0. The molecule has 0 spiro atoms. The lowest BCUT2D eigenvalue weighted by Gasteiger charge is -2.25. The van der Waals surface area contributed by atoms with E-state index in [4.69, 9.17) is 47.4 Å². The normalized spacial score (nSPS) is 17.1. The van der Waals surface area contributed by atoms with E-state index in [1.165, 1.54) is 24.3 Å². The molecule has 0 aliphatic rings. The van der Waals surface area contributed by atoms with Gasteiger partial charge in [0.2, 0.25) is 12.6 Å². The topological polar surface area (TPSA) is 126 Å². The van der Waals surface area contributed by atoms with Gasteiger partial charge in [0.25, 0.3) is 0 Å². The van der Waals surface area contributed by atoms with Crippen molar-refractivity contribution in [2.75, 3.05) is 13.2 Å². The molecule has 0 saturated carbocycles. The fraction of sp³-hybridized carbons (Fsp3) is 0.750. The number of benzene rings is 1. The Hall–Kier alpha value is -2.16. The Morgan fingerprint density at radius 2 is 0.750 bits per heavy atom. The van der Waals surface area contributed by atoms with Crippen molar-refractivity contribution in [3.63, 3.8) is 0 Å². The van der Waals surface area contributed by atoms with Gasteiger partial charge < -0.3 is 47.4 Å². The van der Waals surface area contributed by atoms with Gasteiger partial charge in [-0.05, 0) is 92.5 Å². The van der Waals surface area contributed by atoms with Gasteiger partial charge >= 0.3 is 11.9 Å². The second kappa shape index (κ2) is 22.4. The number of esters is 2. The first-order valence-corrected chi connectivity index (χ1v) is 15.5. The van der Waals surface area contributed by atoms with Gasteiger partial charge in [-0.3, -0.25) is 0 Å². The van der Waals surface area contributed by atoms with Gasteiger partial charge in [0.05, 0.1) is 11.1 Å². The van der Waals surface area contributed by atoms with E-state index < -0.39 is 62.3 Å². The smallest absolute Gasteiger partial charge is 0.340 e. The number of ether oxygens (including phenoxy) is 10. The second-order valence-corrected chi connectivity index (χ2v) is 10.2. The van der Waals surface area contributed by atoms with Gasteiger partial charge in [0.15, 0.2) is 37.7 Å². The average molecular weight is 631 g/mol. The number of hydrogen-bond donors (Lipinski definition) is 0. The summed E-state index contributed by atoms with van der Waals surface area (Å²) in [5, 5.41) is 0. The van der Waals surface area contributed by atoms with E-state index in [0.717, 1.165) is 25.7 Å². The van der Waals surface area contributed by atoms with E-state index in [1.807, 2.05) is 0 Å². The van der Waals surface area contributed by atoms with Gasteiger partial charge in [-0.2, -0.15) is 0 Å². The quantitative estimate of drug-likeness (QED) is 0.0703. The zero-order chi connectivity index (χ0) is 33.1. The van der Waals surface area contributed by atoms with Crippen LogP contribution in [-0.4, -0.2) is 75.5 Å². The van der Waals surface area contributed by atoms with E-state index in [2.05, 4.69) is 13.8 Å². The summed E-state index contributed by atoms with van der Waals surface area (Å²) >= 11 is 0. The van der Waals surface area contributed by atoms with E-state index in [-0.39, 0.29) is 11.1 Å². The van der Waals surface area contributed by atoms with Crippen molar-refractivity contribution in [1.29, 1.82) is 0 Å². The Morgan fingerprint density at radius 3 is 1.05 bits per heavy atom. The van der Waals surface area contributed by atoms with Crippen molar-refractivity contribution in [3.05, 3.63) is 35.4 Å². The first-order valence-electron chi connectivity index (χ1n) is 15.5. The highest BCUT2D eigenvalue weighted by molar-refractivity contribution is 5.93. The van der Waals surface area contributed by atoms with Crippen LogP contribution in [0.5, 0.6) is 0 Å². The molecule has 12 nitrogen and oxygen atoms in total. The Labute approximate surface area is 262 Å². The first kappa shape index (κ1) is 39.9. The maximum absolute atomic E-state index is 12.6. The fourth-order valence-electron chi connectivity index (χ4n) is 3.85. The molecule has 1 rings (SSSR count). The maximum atomic E-state index is 12.6. The summed E-state index contributed by atoms with van der Waals surface area (Å²) in [7, 11) is 0. The van der Waals surface area contributed by atoms with Crippen LogP contribution < -0.4 is 0 Å². The molecule has 8 atom stereocenters. The molecule has 8 unspecified atom stereocenters. The van der Waals surface area contributed by atoms with Gasteiger partial charge in [0, 0.05) is 13.2 Å². The summed E-state index contributed by atoms with van der Waals surface area (Å²) < 4.78 is 55.5. The van der Waals surface area contributed by atoms with Gasteiger partial charge in [0.1, 0.15) is 0 Å². The molecule has 1 aromatic carbocycles. The summed E-state index contributed by atoms with van der Waals surface area (Å²) in [6, 6.07) is 5.84. The molecule has 0 heterocycles. The minimum atomic E-state index is -0.903. The maximum Gasteiger partial charge on any atom is 0.340 e. The molecule has 254 valence electrons. The molecule has 12 heteroatoms. The summed E-state index contributed by atoms with van der Waals surface area (Å²) in [6.45, 7) is 18.9. The van der Waals surface area contributed by atoms with Crippen molar-refractivity contribution < 1.29 is 57.0 Å². The highest BCUT2D eigenvalue weighted by atomic mass is 16.8. The second-order valence-electron chi connectivity index (χ2n) is 10.2. The standard InChI is InChI=1S/C32H54O12/c1-11-13-19-35-21(3)37-23(5)39-25(7)41-27(9)43-31(33)29-15-17-30(18-16-29)32(34)44-28(10)42-26(8)40-24(6)38-22(4)36-20-14-12-2/h15-18,21-28H,11-14,19-20H2,1-10H3. The van der Waals surface area contributed by atoms with Gasteiger partial charge in [-0.25, -0.2) is 9.59 Å². The minimum absolute atomic E-state index is 0.230. The molecule has 0 saturated heterocycles. The molecule has 44 heavy (non-hydrogen) atoms. The van der Waals surface area contributed by atoms with Crippen molar-refractivity contribution in [3.8, 4) is 0 Å². The highest BCUT2D eigenvalue weighted by Crippen LogP contribution is 2.14. The van der Waals surface area contributed by atoms with Crippen LogP contribution in [0.1, 0.15) is 116 Å². The number of unbranched alkanes of at least 4 members (excludes halogenated alkanes) is 2. The van der Waals surface area contributed by atoms with Crippen LogP contribution in [0.3, 0.4) is 0 Å². The molecular weight excluding hydrogens is 576 g/mol. The number of carbonyl (C=O) groups is 2. The molecule has 0 aliphatic carbocycles. The summed E-state index contributed by atoms with van der Waals surface area (Å²) in [5.74, 6) is -1.26. The summed E-state index contributed by atoms with van der Waals surface area (Å²) in [5.41, 5.74) is 0.460. The molecule has 0 amide bonds. The Bertz CT molecular complexity index is 838. The Morgan fingerprint density at radius 1 is 0.477 bits per heavy atom. The zero-order valence-electron chi connectivity index (χ0n) is 28.1. The molecule has 0 N–H and O–H groups in total. The first-order chi connectivity index (χ1) is 20.8. The molecule has 0 aromatic heterocycles. The van der Waals surface area contributed by atoms with E-state index in [1.54, 1.807) is 55.4 Å². The molecular formula is C32H54O12. The Balaban J connectivity index is 2.44. The monoisotopic (exact) mass is 630 g/mol. The van der Waals surface area contributed by atoms with E-state index in [9.17, 15) is 9.59 Å². The van der Waals surface area contributed by atoms with Crippen LogP contribution in [-0.2, 0) is 47.4 Å². The third-order valence-electron chi connectivity index (χ3n) is 5.90. The lowest BCUT2D eigenvalue weighted by Crippen LogP contribution is -2.30. The minimum Gasteiger partial charge on any atom is -0.432 e. The largest absolute Gasteiger partial charge is 0.432 e. The number of carbonyl (C=O) groups excluding carboxylic acids is 2. The lowest BCUT2D eigenvalue weighted by atomic mass is 10.1. The van der Waals surface area contributed by atoms with Crippen LogP contribution in [0.25, 0.3) is 0 Å². The predicted octanol–water partition coefficient (Wildman–Crippen LogP) is 6.50. The molecule has 0 bridgehead atoms. The van der Waals surface area contributed by atoms with Crippen LogP contribution >= 0.6 is 0 Å². The van der Waals surface area contributed by atoms with Crippen molar-refractivity contribution in [2.24, 2.45) is 0 Å². The lowest BCUT2D eigenvalue weighted by molar-refractivity contribution is -0.301. The molecule has 0 aliphatic heterocycles. The van der Waals surface area contributed by atoms with Crippen molar-refractivity contribution in [1.82, 2.24) is 0 Å². The average Bonchev–Trinajstić information content (AvgIpc) is 2.92. The zero-order valence-corrected chi connectivity index (χ0v) is 28.1. The SMILES string of the molecule is CCCCOC(C)OC(C)OC(C)OC(C)OC(=O)c1ccc(C(=O)OC(C)OC(C)OC(C)OC(C)OCCCC)cc1. The molecule has 1 aromatic rings. The van der Waals surface area contributed by atoms with Crippen LogP contribution in [0.15, 0.2) is 24.3 Å². The van der Waals surface area contributed by atoms with Crippen LogP contribution in [0.2, 0.25) is 0 Å². The Kier molecular flexibility index (Phi) is 20.3. The van der Waals surface area contributed by atoms with Gasteiger partial charge in [-0.15, -0.1) is 0 Å². The third-order valence-corrected chi connectivity index (χ3v) is 5.90. The van der Waals surface area contributed by atoms with Crippen molar-refractivity contribution >= 4 is 11.9 Å². The summed E-state index contributed by atoms with van der Waals surface area (Å²) in [6.07, 6.45) is -1.30. The van der Waals surface area contributed by atoms with E-state index >= 15 is 0 Å². The highest BCUT2D eigenvalue weighted by Gasteiger charge is 2.21. The van der Waals surface area contributed by atoms with E-state index in [0.29, 0.717) is 13.2 Å². The van der Waals surface area contributed by atoms with Crippen LogP contribution in [0, 0.1) is 0 Å². The van der Waals surface area contributed by atoms with Crippen molar-refractivity contribution in [2.45, 2.75) is 145 Å². The fourth-order valence-corrected chi connectivity index (χ4v) is 3.85.